The first kappa shape index (κ1) is 13.2. The lowest BCUT2D eigenvalue weighted by atomic mass is 9.97. The Morgan fingerprint density at radius 1 is 1.47 bits per heavy atom. The second kappa shape index (κ2) is 4.81. The van der Waals surface area contributed by atoms with Crippen molar-refractivity contribution >= 4 is 11.7 Å². The molecule has 5 nitrogen and oxygen atoms in total. The average molecular weight is 265 g/mol. The molecule has 1 aromatic rings. The van der Waals surface area contributed by atoms with E-state index in [1.54, 1.807) is 0 Å². The zero-order valence-electron chi connectivity index (χ0n) is 10.1. The normalized spacial score (nSPS) is 19.2. The number of nitrogens with zero attached hydrogens (tertiary/aromatic N) is 1. The van der Waals surface area contributed by atoms with Crippen LogP contribution in [0.15, 0.2) is 35.6 Å². The first-order valence-electron chi connectivity index (χ1n) is 5.58. The van der Waals surface area contributed by atoms with E-state index in [0.717, 1.165) is 11.0 Å². The molecule has 0 aliphatic carbocycles. The maximum Gasteiger partial charge on any atom is 0.291 e. The number of halogens is 1. The largest absolute Gasteiger partial charge is 0.503 e. The fourth-order valence-corrected chi connectivity index (χ4v) is 2.18. The van der Waals surface area contributed by atoms with Crippen LogP contribution in [-0.2, 0) is 9.59 Å². The Morgan fingerprint density at radius 2 is 2.16 bits per heavy atom. The SMILES string of the molecule is CC(=O)C1=C(O)C(=O)N(CO)[C@H]1c1cccc(F)c1. The lowest BCUT2D eigenvalue weighted by Crippen LogP contribution is -2.31. The minimum absolute atomic E-state index is 0.135. The molecule has 1 aliphatic heterocycles. The molecule has 6 heteroatoms. The van der Waals surface area contributed by atoms with Crippen LogP contribution in [0.25, 0.3) is 0 Å². The Morgan fingerprint density at radius 3 is 2.68 bits per heavy atom. The summed E-state index contributed by atoms with van der Waals surface area (Å²) in [5.74, 6) is -2.58. The van der Waals surface area contributed by atoms with Gasteiger partial charge in [-0.1, -0.05) is 12.1 Å². The van der Waals surface area contributed by atoms with E-state index in [9.17, 15) is 24.2 Å². The minimum Gasteiger partial charge on any atom is -0.503 e. The highest BCUT2D eigenvalue weighted by atomic mass is 19.1. The van der Waals surface area contributed by atoms with E-state index in [-0.39, 0.29) is 5.57 Å². The minimum atomic E-state index is -0.967. The van der Waals surface area contributed by atoms with Gasteiger partial charge >= 0.3 is 0 Å². The van der Waals surface area contributed by atoms with Crippen LogP contribution < -0.4 is 0 Å². The Bertz CT molecular complexity index is 582. The second-order valence-corrected chi connectivity index (χ2v) is 4.19. The monoisotopic (exact) mass is 265 g/mol. The molecule has 1 aliphatic rings. The van der Waals surface area contributed by atoms with Gasteiger partial charge in [0.05, 0.1) is 11.6 Å². The zero-order chi connectivity index (χ0) is 14.2. The lowest BCUT2D eigenvalue weighted by molar-refractivity contribution is -0.133. The third-order valence-electron chi connectivity index (χ3n) is 3.00. The summed E-state index contributed by atoms with van der Waals surface area (Å²) in [4.78, 5) is 24.2. The van der Waals surface area contributed by atoms with Gasteiger partial charge in [-0.2, -0.15) is 0 Å². The van der Waals surface area contributed by atoms with E-state index in [4.69, 9.17) is 0 Å². The van der Waals surface area contributed by atoms with Gasteiger partial charge in [-0.3, -0.25) is 9.59 Å². The second-order valence-electron chi connectivity index (χ2n) is 4.19. The maximum atomic E-state index is 13.2. The average Bonchev–Trinajstić information content (AvgIpc) is 2.62. The van der Waals surface area contributed by atoms with Crippen molar-refractivity contribution in [1.29, 1.82) is 0 Å². The molecule has 0 bridgehead atoms. The highest BCUT2D eigenvalue weighted by molar-refractivity contribution is 6.08. The number of ketones is 1. The van der Waals surface area contributed by atoms with E-state index in [1.807, 2.05) is 0 Å². The number of aliphatic hydroxyl groups excluding tert-OH is 2. The van der Waals surface area contributed by atoms with Crippen molar-refractivity contribution in [3.8, 4) is 0 Å². The van der Waals surface area contributed by atoms with E-state index in [0.29, 0.717) is 5.56 Å². The van der Waals surface area contributed by atoms with Crippen molar-refractivity contribution in [3.63, 3.8) is 0 Å². The highest BCUT2D eigenvalue weighted by Gasteiger charge is 2.42. The molecule has 0 aromatic heterocycles. The number of carbonyl (C=O) groups is 2. The first-order chi connectivity index (χ1) is 8.97. The third-order valence-corrected chi connectivity index (χ3v) is 3.00. The summed E-state index contributed by atoms with van der Waals surface area (Å²) in [5, 5.41) is 18.9. The van der Waals surface area contributed by atoms with E-state index >= 15 is 0 Å². The van der Waals surface area contributed by atoms with Gasteiger partial charge in [0.1, 0.15) is 12.5 Å². The molecule has 1 heterocycles. The Kier molecular flexibility index (Phi) is 3.35. The Balaban J connectivity index is 2.57. The number of hydrogen-bond acceptors (Lipinski definition) is 4. The molecule has 0 saturated carbocycles. The molecule has 0 radical (unpaired) electrons. The van der Waals surface area contributed by atoms with Crippen LogP contribution in [0.3, 0.4) is 0 Å². The standard InChI is InChI=1S/C13H12FNO4/c1-7(17)10-11(8-3-2-4-9(14)5-8)15(6-16)13(19)12(10)18/h2-5,11,16,18H,6H2,1H3/t11-/m0/s1. The van der Waals surface area contributed by atoms with Crippen LogP contribution in [0.5, 0.6) is 0 Å². The first-order valence-corrected chi connectivity index (χ1v) is 5.58. The molecular weight excluding hydrogens is 253 g/mol. The van der Waals surface area contributed by atoms with Gasteiger partial charge in [-0.25, -0.2) is 4.39 Å². The molecule has 100 valence electrons. The van der Waals surface area contributed by atoms with E-state index in [1.165, 1.54) is 25.1 Å². The van der Waals surface area contributed by atoms with Crippen molar-refractivity contribution in [2.45, 2.75) is 13.0 Å². The van der Waals surface area contributed by atoms with Gasteiger partial charge in [-0.05, 0) is 24.6 Å². The molecule has 2 rings (SSSR count). The number of Topliss-reactive ketones (excluding diaryl/α,β-unsaturated/α-hetero) is 1. The summed E-state index contributed by atoms with van der Waals surface area (Å²) in [7, 11) is 0. The van der Waals surface area contributed by atoms with Gasteiger partial charge < -0.3 is 15.1 Å². The van der Waals surface area contributed by atoms with Crippen LogP contribution >= 0.6 is 0 Å². The van der Waals surface area contributed by atoms with Gasteiger partial charge in [0.25, 0.3) is 5.91 Å². The molecule has 1 atom stereocenters. The summed E-state index contributed by atoms with van der Waals surface area (Å²) in [6.45, 7) is 0.521. The zero-order valence-corrected chi connectivity index (χ0v) is 10.1. The number of hydrogen-bond donors (Lipinski definition) is 2. The molecule has 1 amide bonds. The van der Waals surface area contributed by atoms with E-state index in [2.05, 4.69) is 0 Å². The number of aliphatic hydroxyl groups is 2. The molecular formula is C13H12FNO4. The summed E-state index contributed by atoms with van der Waals surface area (Å²) in [6, 6.07) is 4.36. The van der Waals surface area contributed by atoms with Gasteiger partial charge in [0.2, 0.25) is 0 Å². The topological polar surface area (TPSA) is 77.8 Å². The number of amides is 1. The van der Waals surface area contributed by atoms with Crippen LogP contribution in [-0.4, -0.2) is 33.5 Å². The molecule has 0 unspecified atom stereocenters. The quantitative estimate of drug-likeness (QED) is 0.856. The Hall–Kier alpha value is -2.21. The van der Waals surface area contributed by atoms with Crippen LogP contribution in [0.2, 0.25) is 0 Å². The number of benzene rings is 1. The molecule has 0 spiro atoms. The van der Waals surface area contributed by atoms with Gasteiger partial charge in [-0.15, -0.1) is 0 Å². The number of rotatable bonds is 3. The van der Waals surface area contributed by atoms with Gasteiger partial charge in [0.15, 0.2) is 11.5 Å². The van der Waals surface area contributed by atoms with Crippen molar-refractivity contribution in [3.05, 3.63) is 47.0 Å². The van der Waals surface area contributed by atoms with Crippen LogP contribution in [0.4, 0.5) is 4.39 Å². The number of carbonyl (C=O) groups excluding carboxylic acids is 2. The molecule has 19 heavy (non-hydrogen) atoms. The van der Waals surface area contributed by atoms with Crippen LogP contribution in [0.1, 0.15) is 18.5 Å². The van der Waals surface area contributed by atoms with Crippen molar-refractivity contribution in [2.24, 2.45) is 0 Å². The lowest BCUT2D eigenvalue weighted by Gasteiger charge is -2.24. The van der Waals surface area contributed by atoms with Gasteiger partial charge in [0, 0.05) is 0 Å². The van der Waals surface area contributed by atoms with Crippen LogP contribution in [0, 0.1) is 5.82 Å². The molecule has 0 fully saturated rings. The maximum absolute atomic E-state index is 13.2. The summed E-state index contributed by atoms with van der Waals surface area (Å²) in [6.07, 6.45) is 0. The molecule has 2 N–H and O–H groups in total. The predicted molar refractivity (Wildman–Crippen MR) is 63.4 cm³/mol. The predicted octanol–water partition coefficient (Wildman–Crippen LogP) is 1.06. The highest BCUT2D eigenvalue weighted by Crippen LogP contribution is 2.37. The smallest absolute Gasteiger partial charge is 0.291 e. The van der Waals surface area contributed by atoms with Crippen molar-refractivity contribution in [2.75, 3.05) is 6.73 Å². The summed E-state index contributed by atoms with van der Waals surface area (Å²) in [5.41, 5.74) is 0.182. The van der Waals surface area contributed by atoms with Crippen molar-refractivity contribution in [1.82, 2.24) is 4.90 Å². The Labute approximate surface area is 108 Å². The fourth-order valence-electron chi connectivity index (χ4n) is 2.18. The van der Waals surface area contributed by atoms with E-state index < -0.39 is 36.0 Å². The molecule has 0 saturated heterocycles. The summed E-state index contributed by atoms with van der Waals surface area (Å²) >= 11 is 0. The molecule has 1 aromatic carbocycles. The summed E-state index contributed by atoms with van der Waals surface area (Å²) < 4.78 is 13.2. The van der Waals surface area contributed by atoms with Crippen molar-refractivity contribution < 1.29 is 24.2 Å². The fraction of sp³-hybridized carbons (Fsp3) is 0.231. The third kappa shape index (κ3) is 2.10.